The van der Waals surface area contributed by atoms with Crippen LogP contribution in [0.25, 0.3) is 0 Å². The normalized spacial score (nSPS) is 10.2. The van der Waals surface area contributed by atoms with E-state index in [0.717, 1.165) is 16.9 Å². The average Bonchev–Trinajstić information content (AvgIpc) is 2.60. The Kier molecular flexibility index (Phi) is 6.33. The minimum atomic E-state index is -0.501. The topological polar surface area (TPSA) is 90.7 Å². The van der Waals surface area contributed by atoms with E-state index in [0.29, 0.717) is 6.54 Å². The number of amides is 1. The molecular weight excluding hydrogens is 324 g/mol. The smallest absolute Gasteiger partial charge is 0.310 e. The number of carbonyl (C=O) groups is 1. The molecule has 1 amide bonds. The largest absolute Gasteiger partial charge is 0.497 e. The molecule has 0 aliphatic heterocycles. The number of nitrogens with zero attached hydrogens (tertiary/aromatic N) is 1. The molecule has 2 rings (SSSR count). The predicted molar refractivity (Wildman–Crippen MR) is 92.8 cm³/mol. The highest BCUT2D eigenvalue weighted by Gasteiger charge is 2.15. The molecule has 7 nitrogen and oxygen atoms in total. The SMILES string of the molecule is COc1ccc(CNC(=O)CCOc2cc(C)ccc2[N+](=O)[O-])cc1. The number of nitrogens with one attached hydrogen (secondary N) is 1. The van der Waals surface area contributed by atoms with E-state index in [2.05, 4.69) is 5.32 Å². The molecule has 0 aromatic heterocycles. The molecule has 0 heterocycles. The van der Waals surface area contributed by atoms with Gasteiger partial charge in [0.1, 0.15) is 5.75 Å². The molecule has 0 fully saturated rings. The van der Waals surface area contributed by atoms with Crippen LogP contribution in [0.1, 0.15) is 17.5 Å². The molecule has 132 valence electrons. The van der Waals surface area contributed by atoms with Crippen LogP contribution in [0.2, 0.25) is 0 Å². The summed E-state index contributed by atoms with van der Waals surface area (Å²) in [5, 5.41) is 13.8. The number of hydrogen-bond donors (Lipinski definition) is 1. The number of nitro groups is 1. The summed E-state index contributed by atoms with van der Waals surface area (Å²) >= 11 is 0. The lowest BCUT2D eigenvalue weighted by molar-refractivity contribution is -0.385. The number of benzene rings is 2. The highest BCUT2D eigenvalue weighted by molar-refractivity contribution is 5.76. The Hall–Kier alpha value is -3.09. The van der Waals surface area contributed by atoms with Gasteiger partial charge >= 0.3 is 5.69 Å². The Bertz CT molecular complexity index is 744. The van der Waals surface area contributed by atoms with E-state index < -0.39 is 4.92 Å². The molecule has 0 unspecified atom stereocenters. The minimum absolute atomic E-state index is 0.0682. The number of methoxy groups -OCH3 is 1. The molecule has 0 saturated carbocycles. The Labute approximate surface area is 145 Å². The van der Waals surface area contributed by atoms with Crippen molar-refractivity contribution in [3.8, 4) is 11.5 Å². The lowest BCUT2D eigenvalue weighted by Gasteiger charge is -2.09. The molecule has 0 aliphatic carbocycles. The molecule has 0 aliphatic rings. The third kappa shape index (κ3) is 5.49. The first-order valence-electron chi connectivity index (χ1n) is 7.77. The Morgan fingerprint density at radius 3 is 2.56 bits per heavy atom. The van der Waals surface area contributed by atoms with E-state index in [9.17, 15) is 14.9 Å². The Morgan fingerprint density at radius 2 is 1.92 bits per heavy atom. The van der Waals surface area contributed by atoms with E-state index in [1.54, 1.807) is 19.2 Å². The maximum atomic E-state index is 11.9. The molecule has 1 N–H and O–H groups in total. The summed E-state index contributed by atoms with van der Waals surface area (Å²) in [5.41, 5.74) is 1.69. The van der Waals surface area contributed by atoms with E-state index in [1.807, 2.05) is 31.2 Å². The third-order valence-corrected chi connectivity index (χ3v) is 3.55. The lowest BCUT2D eigenvalue weighted by atomic mass is 10.2. The molecule has 2 aromatic carbocycles. The van der Waals surface area contributed by atoms with Crippen molar-refractivity contribution in [1.29, 1.82) is 0 Å². The number of ether oxygens (including phenoxy) is 2. The van der Waals surface area contributed by atoms with Crippen molar-refractivity contribution in [1.82, 2.24) is 5.32 Å². The van der Waals surface area contributed by atoms with Crippen molar-refractivity contribution in [2.24, 2.45) is 0 Å². The summed E-state index contributed by atoms with van der Waals surface area (Å²) in [6, 6.07) is 12.0. The number of rotatable bonds is 8. The second kappa shape index (κ2) is 8.68. The van der Waals surface area contributed by atoms with Gasteiger partial charge in [0.25, 0.3) is 0 Å². The average molecular weight is 344 g/mol. The second-order valence-corrected chi connectivity index (χ2v) is 5.45. The van der Waals surface area contributed by atoms with Gasteiger partial charge in [-0.05, 0) is 36.2 Å². The Morgan fingerprint density at radius 1 is 1.20 bits per heavy atom. The fraction of sp³-hybridized carbons (Fsp3) is 0.278. The van der Waals surface area contributed by atoms with Crippen LogP contribution in [0, 0.1) is 17.0 Å². The Balaban J connectivity index is 1.80. The van der Waals surface area contributed by atoms with Crippen LogP contribution < -0.4 is 14.8 Å². The molecule has 0 radical (unpaired) electrons. The molecular formula is C18H20N2O5. The van der Waals surface area contributed by atoms with Crippen LogP contribution in [-0.2, 0) is 11.3 Å². The van der Waals surface area contributed by atoms with Crippen LogP contribution in [-0.4, -0.2) is 24.5 Å². The zero-order valence-corrected chi connectivity index (χ0v) is 14.2. The maximum absolute atomic E-state index is 11.9. The summed E-state index contributed by atoms with van der Waals surface area (Å²) in [6.07, 6.45) is 0.112. The van der Waals surface area contributed by atoms with Gasteiger partial charge in [-0.1, -0.05) is 18.2 Å². The fourth-order valence-electron chi connectivity index (χ4n) is 2.17. The molecule has 0 atom stereocenters. The molecule has 25 heavy (non-hydrogen) atoms. The summed E-state index contributed by atoms with van der Waals surface area (Å²) in [6.45, 7) is 2.28. The lowest BCUT2D eigenvalue weighted by Crippen LogP contribution is -2.24. The van der Waals surface area contributed by atoms with Gasteiger partial charge in [0.15, 0.2) is 5.75 Å². The highest BCUT2D eigenvalue weighted by atomic mass is 16.6. The third-order valence-electron chi connectivity index (χ3n) is 3.55. The second-order valence-electron chi connectivity index (χ2n) is 5.45. The first-order chi connectivity index (χ1) is 12.0. The van der Waals surface area contributed by atoms with Crippen molar-refractivity contribution in [2.45, 2.75) is 19.9 Å². The van der Waals surface area contributed by atoms with E-state index in [4.69, 9.17) is 9.47 Å². The van der Waals surface area contributed by atoms with Crippen molar-refractivity contribution in [2.75, 3.05) is 13.7 Å². The van der Waals surface area contributed by atoms with Gasteiger partial charge in [0, 0.05) is 12.6 Å². The standard InChI is InChI=1S/C18H20N2O5/c1-13-3-8-16(20(22)23)17(11-13)25-10-9-18(21)19-12-14-4-6-15(24-2)7-5-14/h3-8,11H,9-10,12H2,1-2H3,(H,19,21). The summed E-state index contributed by atoms with van der Waals surface area (Å²) < 4.78 is 10.5. The number of nitro benzene ring substituents is 1. The summed E-state index contributed by atoms with van der Waals surface area (Å²) in [7, 11) is 1.59. The first kappa shape index (κ1) is 18.3. The predicted octanol–water partition coefficient (Wildman–Crippen LogP) is 3.00. The van der Waals surface area contributed by atoms with Gasteiger partial charge in [0.05, 0.1) is 25.1 Å². The monoisotopic (exact) mass is 344 g/mol. The van der Waals surface area contributed by atoms with Gasteiger partial charge in [-0.2, -0.15) is 0 Å². The molecule has 0 saturated heterocycles. The maximum Gasteiger partial charge on any atom is 0.310 e. The van der Waals surface area contributed by atoms with Crippen LogP contribution in [0.4, 0.5) is 5.69 Å². The van der Waals surface area contributed by atoms with Crippen molar-refractivity contribution in [3.63, 3.8) is 0 Å². The van der Waals surface area contributed by atoms with Crippen LogP contribution in [0.3, 0.4) is 0 Å². The van der Waals surface area contributed by atoms with Crippen molar-refractivity contribution in [3.05, 3.63) is 63.7 Å². The van der Waals surface area contributed by atoms with Crippen molar-refractivity contribution < 1.29 is 19.2 Å². The molecule has 0 spiro atoms. The number of carbonyl (C=O) groups excluding carboxylic acids is 1. The van der Waals surface area contributed by atoms with Gasteiger partial charge < -0.3 is 14.8 Å². The molecule has 2 aromatic rings. The zero-order chi connectivity index (χ0) is 18.2. The number of aryl methyl sites for hydroxylation is 1. The van der Waals surface area contributed by atoms with E-state index in [-0.39, 0.29) is 30.4 Å². The van der Waals surface area contributed by atoms with Crippen LogP contribution in [0.5, 0.6) is 11.5 Å². The summed E-state index contributed by atoms with van der Waals surface area (Å²) in [5.74, 6) is 0.738. The van der Waals surface area contributed by atoms with Crippen LogP contribution in [0.15, 0.2) is 42.5 Å². The first-order valence-corrected chi connectivity index (χ1v) is 7.77. The summed E-state index contributed by atoms with van der Waals surface area (Å²) in [4.78, 5) is 22.3. The van der Waals surface area contributed by atoms with Gasteiger partial charge in [-0.25, -0.2) is 0 Å². The highest BCUT2D eigenvalue weighted by Crippen LogP contribution is 2.27. The number of hydrogen-bond acceptors (Lipinski definition) is 5. The van der Waals surface area contributed by atoms with Gasteiger partial charge in [-0.3, -0.25) is 14.9 Å². The molecule has 7 heteroatoms. The van der Waals surface area contributed by atoms with Crippen LogP contribution >= 0.6 is 0 Å². The molecule has 0 bridgehead atoms. The van der Waals surface area contributed by atoms with E-state index >= 15 is 0 Å². The zero-order valence-electron chi connectivity index (χ0n) is 14.2. The van der Waals surface area contributed by atoms with Gasteiger partial charge in [0.2, 0.25) is 5.91 Å². The fourth-order valence-corrected chi connectivity index (χ4v) is 2.17. The minimum Gasteiger partial charge on any atom is -0.497 e. The van der Waals surface area contributed by atoms with Crippen molar-refractivity contribution >= 4 is 11.6 Å². The van der Waals surface area contributed by atoms with Gasteiger partial charge in [-0.15, -0.1) is 0 Å². The van der Waals surface area contributed by atoms with E-state index in [1.165, 1.54) is 6.07 Å². The quantitative estimate of drug-likeness (QED) is 0.587.